The van der Waals surface area contributed by atoms with Gasteiger partial charge in [-0.25, -0.2) is 0 Å². The minimum Gasteiger partial charge on any atom is -0.311 e. The molecule has 120 valence electrons. The predicted octanol–water partition coefficient (Wildman–Crippen LogP) is 4.05. The highest BCUT2D eigenvalue weighted by molar-refractivity contribution is 7.99. The molecule has 0 unspecified atom stereocenters. The van der Waals surface area contributed by atoms with E-state index < -0.39 is 11.7 Å². The number of nitrogens with one attached hydrogen (secondary N) is 1. The Hall–Kier alpha value is -1.99. The van der Waals surface area contributed by atoms with Crippen molar-refractivity contribution in [2.24, 2.45) is 0 Å². The molecule has 3 nitrogen and oxygen atoms in total. The van der Waals surface area contributed by atoms with Crippen molar-refractivity contribution in [3.05, 3.63) is 48.0 Å². The molecule has 1 N–H and O–H groups in total. The Kier molecular flexibility index (Phi) is 4.08. The zero-order valence-electron chi connectivity index (χ0n) is 12.1. The van der Waals surface area contributed by atoms with Gasteiger partial charge in [-0.3, -0.25) is 9.69 Å². The lowest BCUT2D eigenvalue weighted by Gasteiger charge is -2.31. The molecule has 1 aliphatic rings. The minimum absolute atomic E-state index is 0.0364. The Labute approximate surface area is 135 Å². The number of para-hydroxylation sites is 1. The zero-order chi connectivity index (χ0) is 16.6. The van der Waals surface area contributed by atoms with E-state index >= 15 is 0 Å². The van der Waals surface area contributed by atoms with E-state index in [1.54, 1.807) is 19.2 Å². The van der Waals surface area contributed by atoms with Gasteiger partial charge in [0, 0.05) is 9.79 Å². The molecule has 1 aliphatic heterocycles. The molecule has 0 atom stereocenters. The lowest BCUT2D eigenvalue weighted by atomic mass is 10.1. The SMILES string of the molecule is CNCC(=O)N1c2ccccc2Sc2ccc(C(F)(F)F)cc21. The molecule has 7 heteroatoms. The van der Waals surface area contributed by atoms with Crippen LogP contribution in [0.3, 0.4) is 0 Å². The highest BCUT2D eigenvalue weighted by Gasteiger charge is 2.34. The first-order valence-electron chi connectivity index (χ1n) is 6.87. The van der Waals surface area contributed by atoms with Gasteiger partial charge in [0.2, 0.25) is 5.91 Å². The Balaban J connectivity index is 2.16. The molecule has 1 amide bonds. The Morgan fingerprint density at radius 2 is 1.83 bits per heavy atom. The third-order valence-corrected chi connectivity index (χ3v) is 4.56. The average molecular weight is 338 g/mol. The van der Waals surface area contributed by atoms with E-state index in [1.807, 2.05) is 12.1 Å². The van der Waals surface area contributed by atoms with Crippen molar-refractivity contribution in [2.45, 2.75) is 16.0 Å². The summed E-state index contributed by atoms with van der Waals surface area (Å²) >= 11 is 1.36. The van der Waals surface area contributed by atoms with Gasteiger partial charge in [-0.15, -0.1) is 0 Å². The molecule has 23 heavy (non-hydrogen) atoms. The summed E-state index contributed by atoms with van der Waals surface area (Å²) < 4.78 is 39.0. The number of rotatable bonds is 2. The Morgan fingerprint density at radius 1 is 1.13 bits per heavy atom. The van der Waals surface area contributed by atoms with E-state index in [1.165, 1.54) is 22.7 Å². The van der Waals surface area contributed by atoms with Gasteiger partial charge in [0.05, 0.1) is 23.5 Å². The first-order valence-corrected chi connectivity index (χ1v) is 7.69. The van der Waals surface area contributed by atoms with E-state index in [0.29, 0.717) is 10.6 Å². The van der Waals surface area contributed by atoms with Gasteiger partial charge in [-0.2, -0.15) is 13.2 Å². The number of carbonyl (C=O) groups excluding carboxylic acids is 1. The zero-order valence-corrected chi connectivity index (χ0v) is 13.0. The van der Waals surface area contributed by atoms with Gasteiger partial charge in [0.15, 0.2) is 0 Å². The summed E-state index contributed by atoms with van der Waals surface area (Å²) in [6.45, 7) is 0.0364. The van der Waals surface area contributed by atoms with Gasteiger partial charge < -0.3 is 5.32 Å². The fraction of sp³-hybridized carbons (Fsp3) is 0.188. The number of fused-ring (bicyclic) bond motifs is 2. The first kappa shape index (κ1) is 15.9. The first-order chi connectivity index (χ1) is 10.9. The van der Waals surface area contributed by atoms with Crippen LogP contribution in [0.15, 0.2) is 52.3 Å². The molecule has 3 rings (SSSR count). The van der Waals surface area contributed by atoms with Gasteiger partial charge >= 0.3 is 6.18 Å². The molecule has 0 saturated heterocycles. The number of halogens is 3. The van der Waals surface area contributed by atoms with E-state index in [4.69, 9.17) is 0 Å². The van der Waals surface area contributed by atoms with Crippen molar-refractivity contribution in [3.8, 4) is 0 Å². The normalized spacial score (nSPS) is 13.5. The molecule has 0 spiro atoms. The molecular weight excluding hydrogens is 325 g/mol. The van der Waals surface area contributed by atoms with Crippen molar-refractivity contribution >= 4 is 29.0 Å². The van der Waals surface area contributed by atoms with Gasteiger partial charge in [0.25, 0.3) is 0 Å². The molecule has 1 heterocycles. The van der Waals surface area contributed by atoms with Crippen molar-refractivity contribution in [3.63, 3.8) is 0 Å². The number of hydrogen-bond donors (Lipinski definition) is 1. The fourth-order valence-electron chi connectivity index (χ4n) is 2.43. The maximum absolute atomic E-state index is 13.0. The second kappa shape index (κ2) is 5.90. The molecule has 0 aromatic heterocycles. The van der Waals surface area contributed by atoms with Crippen molar-refractivity contribution < 1.29 is 18.0 Å². The summed E-state index contributed by atoms with van der Waals surface area (Å²) in [5, 5.41) is 2.75. The van der Waals surface area contributed by atoms with Crippen LogP contribution in [0.5, 0.6) is 0 Å². The van der Waals surface area contributed by atoms with Crippen molar-refractivity contribution in [1.29, 1.82) is 0 Å². The summed E-state index contributed by atoms with van der Waals surface area (Å²) in [4.78, 5) is 15.3. The summed E-state index contributed by atoms with van der Waals surface area (Å²) in [5.74, 6) is -0.305. The summed E-state index contributed by atoms with van der Waals surface area (Å²) in [6.07, 6.45) is -4.45. The van der Waals surface area contributed by atoms with E-state index in [0.717, 1.165) is 17.0 Å². The van der Waals surface area contributed by atoms with Gasteiger partial charge in [0.1, 0.15) is 0 Å². The van der Waals surface area contributed by atoms with Crippen LogP contribution in [0.4, 0.5) is 24.5 Å². The molecule has 2 aromatic rings. The second-order valence-corrected chi connectivity index (χ2v) is 6.09. The van der Waals surface area contributed by atoms with Gasteiger partial charge in [-0.1, -0.05) is 23.9 Å². The van der Waals surface area contributed by atoms with E-state index in [2.05, 4.69) is 5.32 Å². The third-order valence-electron chi connectivity index (χ3n) is 3.43. The van der Waals surface area contributed by atoms with Crippen LogP contribution >= 0.6 is 11.8 Å². The standard InChI is InChI=1S/C16H13F3N2OS/c1-20-9-15(22)21-11-4-2-3-5-13(11)23-14-7-6-10(8-12(14)21)16(17,18)19/h2-8,20H,9H2,1H3. The fourth-order valence-corrected chi connectivity index (χ4v) is 3.47. The number of anilines is 2. The topological polar surface area (TPSA) is 32.3 Å². The van der Waals surface area contributed by atoms with Crippen LogP contribution < -0.4 is 10.2 Å². The van der Waals surface area contributed by atoms with Crippen molar-refractivity contribution in [1.82, 2.24) is 5.32 Å². The summed E-state index contributed by atoms with van der Waals surface area (Å²) in [5.41, 5.74) is 0.104. The lowest BCUT2D eigenvalue weighted by Crippen LogP contribution is -2.35. The molecule has 0 bridgehead atoms. The van der Waals surface area contributed by atoms with Crippen LogP contribution in [0.25, 0.3) is 0 Å². The van der Waals surface area contributed by atoms with Crippen molar-refractivity contribution in [2.75, 3.05) is 18.5 Å². The number of nitrogens with zero attached hydrogens (tertiary/aromatic N) is 1. The number of amides is 1. The second-order valence-electron chi connectivity index (χ2n) is 5.01. The van der Waals surface area contributed by atoms with Crippen LogP contribution in [-0.4, -0.2) is 19.5 Å². The molecule has 0 aliphatic carbocycles. The smallest absolute Gasteiger partial charge is 0.311 e. The quantitative estimate of drug-likeness (QED) is 0.896. The highest BCUT2D eigenvalue weighted by atomic mass is 32.2. The maximum Gasteiger partial charge on any atom is 0.416 e. The van der Waals surface area contributed by atoms with E-state index in [-0.39, 0.29) is 18.1 Å². The number of carbonyl (C=O) groups is 1. The largest absolute Gasteiger partial charge is 0.416 e. The Morgan fingerprint density at radius 3 is 2.52 bits per heavy atom. The van der Waals surface area contributed by atoms with Gasteiger partial charge in [-0.05, 0) is 37.4 Å². The predicted molar refractivity (Wildman–Crippen MR) is 83.1 cm³/mol. The minimum atomic E-state index is -4.45. The highest BCUT2D eigenvalue weighted by Crippen LogP contribution is 2.49. The van der Waals surface area contributed by atoms with Crippen LogP contribution in [0.2, 0.25) is 0 Å². The van der Waals surface area contributed by atoms with E-state index in [9.17, 15) is 18.0 Å². The number of alkyl halides is 3. The van der Waals surface area contributed by atoms with Crippen LogP contribution in [-0.2, 0) is 11.0 Å². The number of likely N-dealkylation sites (N-methyl/N-ethyl adjacent to an activating group) is 1. The molecule has 0 fully saturated rings. The molecule has 0 saturated carbocycles. The third kappa shape index (κ3) is 2.94. The lowest BCUT2D eigenvalue weighted by molar-refractivity contribution is -0.137. The monoisotopic (exact) mass is 338 g/mol. The molecular formula is C16H13F3N2OS. The Bertz CT molecular complexity index is 761. The van der Waals surface area contributed by atoms with Crippen LogP contribution in [0, 0.1) is 0 Å². The maximum atomic E-state index is 13.0. The van der Waals surface area contributed by atoms with Crippen LogP contribution in [0.1, 0.15) is 5.56 Å². The summed E-state index contributed by atoms with van der Waals surface area (Å²) in [7, 11) is 1.62. The molecule has 0 radical (unpaired) electrons. The number of benzene rings is 2. The summed E-state index contributed by atoms with van der Waals surface area (Å²) in [6, 6.07) is 10.7. The number of hydrogen-bond acceptors (Lipinski definition) is 3. The molecule has 2 aromatic carbocycles. The average Bonchev–Trinajstić information content (AvgIpc) is 2.51.